The Morgan fingerprint density at radius 3 is 2.67 bits per heavy atom. The summed E-state index contributed by atoms with van der Waals surface area (Å²) in [6, 6.07) is 0. The molecular formula is C19H27N5O3. The molecule has 1 amide bonds. The molecule has 0 spiro atoms. The number of hydrogen-bond donors (Lipinski definition) is 0. The van der Waals surface area contributed by atoms with Crippen molar-refractivity contribution in [3.8, 4) is 0 Å². The Balaban J connectivity index is 1.43. The second-order valence-corrected chi connectivity index (χ2v) is 7.80. The van der Waals surface area contributed by atoms with Gasteiger partial charge in [-0.15, -0.1) is 0 Å². The number of piperidine rings is 1. The van der Waals surface area contributed by atoms with E-state index in [0.717, 1.165) is 55.9 Å². The third kappa shape index (κ3) is 3.50. The van der Waals surface area contributed by atoms with E-state index >= 15 is 0 Å². The predicted octanol–water partition coefficient (Wildman–Crippen LogP) is 2.23. The molecule has 2 aliphatic heterocycles. The highest BCUT2D eigenvalue weighted by molar-refractivity contribution is 5.94. The van der Waals surface area contributed by atoms with Crippen molar-refractivity contribution in [2.24, 2.45) is 13.0 Å². The third-order valence-electron chi connectivity index (χ3n) is 5.65. The molecule has 0 radical (unpaired) electrons. The lowest BCUT2D eigenvalue weighted by Gasteiger charge is -2.32. The van der Waals surface area contributed by atoms with E-state index in [2.05, 4.69) is 15.2 Å². The molecule has 27 heavy (non-hydrogen) atoms. The molecule has 0 unspecified atom stereocenters. The van der Waals surface area contributed by atoms with Crippen LogP contribution in [0.5, 0.6) is 0 Å². The average Bonchev–Trinajstić information content (AvgIpc) is 3.18. The van der Waals surface area contributed by atoms with Gasteiger partial charge in [0.1, 0.15) is 0 Å². The van der Waals surface area contributed by atoms with Gasteiger partial charge in [-0.05, 0) is 32.6 Å². The maximum atomic E-state index is 13.1. The summed E-state index contributed by atoms with van der Waals surface area (Å²) < 4.78 is 12.8. The van der Waals surface area contributed by atoms with E-state index in [1.54, 1.807) is 6.92 Å². The van der Waals surface area contributed by atoms with E-state index in [1.165, 1.54) is 0 Å². The van der Waals surface area contributed by atoms with E-state index in [1.807, 2.05) is 30.5 Å². The first kappa shape index (κ1) is 18.2. The molecule has 8 heteroatoms. The fourth-order valence-electron chi connectivity index (χ4n) is 4.38. The fourth-order valence-corrected chi connectivity index (χ4v) is 4.38. The minimum absolute atomic E-state index is 0.0352. The standard InChI is InChI=1S/C19H27N5O3/c1-11-9-15-17(21-23(4)18(15)12(2)26-11)19(25)24-7-5-14(6-8-24)10-16-20-13(3)27-22-16/h11-12,14H,5-10H2,1-4H3/t11-,12+/m1/s1. The number of nitrogens with zero attached hydrogens (tertiary/aromatic N) is 5. The molecular weight excluding hydrogens is 346 g/mol. The predicted molar refractivity (Wildman–Crippen MR) is 97.2 cm³/mol. The molecule has 146 valence electrons. The topological polar surface area (TPSA) is 86.3 Å². The number of fused-ring (bicyclic) bond motifs is 1. The van der Waals surface area contributed by atoms with E-state index < -0.39 is 0 Å². The number of rotatable bonds is 3. The maximum Gasteiger partial charge on any atom is 0.274 e. The van der Waals surface area contributed by atoms with Gasteiger partial charge in [-0.25, -0.2) is 0 Å². The van der Waals surface area contributed by atoms with Crippen LogP contribution in [0.1, 0.15) is 66.3 Å². The largest absolute Gasteiger partial charge is 0.369 e. The van der Waals surface area contributed by atoms with Crippen LogP contribution in [0.25, 0.3) is 0 Å². The van der Waals surface area contributed by atoms with Crippen LogP contribution in [0.3, 0.4) is 0 Å². The monoisotopic (exact) mass is 373 g/mol. The molecule has 8 nitrogen and oxygen atoms in total. The van der Waals surface area contributed by atoms with Gasteiger partial charge >= 0.3 is 0 Å². The molecule has 4 heterocycles. The summed E-state index contributed by atoms with van der Waals surface area (Å²) in [4.78, 5) is 19.4. The van der Waals surface area contributed by atoms with E-state index in [9.17, 15) is 4.79 Å². The SMILES string of the molecule is Cc1nc(CC2CCN(C(=O)c3nn(C)c4c3C[C@@H](C)O[C@H]4C)CC2)no1. The van der Waals surface area contributed by atoms with Crippen molar-refractivity contribution in [3.63, 3.8) is 0 Å². The lowest BCUT2D eigenvalue weighted by Crippen LogP contribution is -2.39. The Morgan fingerprint density at radius 2 is 2.00 bits per heavy atom. The molecule has 4 rings (SSSR count). The number of likely N-dealkylation sites (tertiary alicyclic amines) is 1. The number of carbonyl (C=O) groups excluding carboxylic acids is 1. The highest BCUT2D eigenvalue weighted by Gasteiger charge is 2.34. The quantitative estimate of drug-likeness (QED) is 0.820. The normalized spacial score (nSPS) is 23.5. The molecule has 1 saturated heterocycles. The zero-order valence-electron chi connectivity index (χ0n) is 16.4. The first-order chi connectivity index (χ1) is 12.9. The number of aryl methyl sites for hydroxylation is 2. The minimum Gasteiger partial charge on any atom is -0.369 e. The molecule has 2 aromatic rings. The van der Waals surface area contributed by atoms with Crippen LogP contribution in [0, 0.1) is 12.8 Å². The summed E-state index contributed by atoms with van der Waals surface area (Å²) in [6.07, 6.45) is 3.51. The molecule has 2 aliphatic rings. The smallest absolute Gasteiger partial charge is 0.274 e. The van der Waals surface area contributed by atoms with E-state index in [-0.39, 0.29) is 18.1 Å². The molecule has 0 aromatic carbocycles. The van der Waals surface area contributed by atoms with Crippen molar-refractivity contribution < 1.29 is 14.1 Å². The van der Waals surface area contributed by atoms with Gasteiger partial charge in [0.15, 0.2) is 11.5 Å². The third-order valence-corrected chi connectivity index (χ3v) is 5.65. The molecule has 1 fully saturated rings. The molecule has 2 aromatic heterocycles. The van der Waals surface area contributed by atoms with Crippen LogP contribution in [0.2, 0.25) is 0 Å². The number of hydrogen-bond acceptors (Lipinski definition) is 6. The minimum atomic E-state index is -0.0352. The molecule has 2 atom stereocenters. The number of carbonyl (C=O) groups is 1. The molecule has 0 bridgehead atoms. The summed E-state index contributed by atoms with van der Waals surface area (Å²) in [5.74, 6) is 1.89. The van der Waals surface area contributed by atoms with Crippen LogP contribution in [0.4, 0.5) is 0 Å². The lowest BCUT2D eigenvalue weighted by molar-refractivity contribution is -0.00907. The summed E-state index contributed by atoms with van der Waals surface area (Å²) in [6.45, 7) is 7.36. The van der Waals surface area contributed by atoms with Crippen LogP contribution in [0.15, 0.2) is 4.52 Å². The molecule has 0 N–H and O–H groups in total. The second-order valence-electron chi connectivity index (χ2n) is 7.80. The van der Waals surface area contributed by atoms with Crippen molar-refractivity contribution in [2.75, 3.05) is 13.1 Å². The van der Waals surface area contributed by atoms with Crippen molar-refractivity contribution in [1.82, 2.24) is 24.8 Å². The summed E-state index contributed by atoms with van der Waals surface area (Å²) in [5.41, 5.74) is 2.68. The van der Waals surface area contributed by atoms with Crippen molar-refractivity contribution in [3.05, 3.63) is 28.7 Å². The number of amides is 1. The van der Waals surface area contributed by atoms with Gasteiger partial charge in [-0.3, -0.25) is 9.48 Å². The van der Waals surface area contributed by atoms with E-state index in [0.29, 0.717) is 17.5 Å². The van der Waals surface area contributed by atoms with E-state index in [4.69, 9.17) is 9.26 Å². The van der Waals surface area contributed by atoms with Crippen LogP contribution in [-0.4, -0.2) is 49.9 Å². The van der Waals surface area contributed by atoms with Crippen LogP contribution < -0.4 is 0 Å². The maximum absolute atomic E-state index is 13.1. The number of ether oxygens (including phenoxy) is 1. The highest BCUT2D eigenvalue weighted by atomic mass is 16.5. The molecule has 0 aliphatic carbocycles. The first-order valence-electron chi connectivity index (χ1n) is 9.72. The van der Waals surface area contributed by atoms with Gasteiger partial charge in [0.2, 0.25) is 5.89 Å². The van der Waals surface area contributed by atoms with Crippen molar-refractivity contribution in [1.29, 1.82) is 0 Å². The Bertz CT molecular complexity index is 835. The van der Waals surface area contributed by atoms with Crippen LogP contribution >= 0.6 is 0 Å². The lowest BCUT2D eigenvalue weighted by atomic mass is 9.92. The summed E-state index contributed by atoms with van der Waals surface area (Å²) >= 11 is 0. The summed E-state index contributed by atoms with van der Waals surface area (Å²) in [5, 5.41) is 8.54. The zero-order chi connectivity index (χ0) is 19.1. The van der Waals surface area contributed by atoms with Crippen molar-refractivity contribution in [2.45, 2.75) is 58.7 Å². The zero-order valence-corrected chi connectivity index (χ0v) is 16.4. The highest BCUT2D eigenvalue weighted by Crippen LogP contribution is 2.32. The van der Waals surface area contributed by atoms with Gasteiger partial charge < -0.3 is 14.2 Å². The van der Waals surface area contributed by atoms with Gasteiger partial charge in [-0.1, -0.05) is 5.16 Å². The van der Waals surface area contributed by atoms with Gasteiger partial charge in [0.05, 0.1) is 17.9 Å². The average molecular weight is 373 g/mol. The first-order valence-corrected chi connectivity index (χ1v) is 9.72. The Hall–Kier alpha value is -2.22. The van der Waals surface area contributed by atoms with Gasteiger partial charge in [-0.2, -0.15) is 10.1 Å². The Morgan fingerprint density at radius 1 is 1.26 bits per heavy atom. The molecule has 0 saturated carbocycles. The van der Waals surface area contributed by atoms with Gasteiger partial charge in [0.25, 0.3) is 5.91 Å². The van der Waals surface area contributed by atoms with Crippen LogP contribution in [-0.2, 0) is 24.6 Å². The second kappa shape index (κ2) is 7.07. The van der Waals surface area contributed by atoms with Gasteiger partial charge in [0, 0.05) is 45.5 Å². The Labute approximate surface area is 158 Å². The Kier molecular flexibility index (Phi) is 4.75. The van der Waals surface area contributed by atoms with Crippen molar-refractivity contribution >= 4 is 5.91 Å². The number of aromatic nitrogens is 4. The fraction of sp³-hybridized carbons (Fsp3) is 0.684. The summed E-state index contributed by atoms with van der Waals surface area (Å²) in [7, 11) is 1.89.